The molecular formula is C22H37N16O2P. The van der Waals surface area contributed by atoms with Crippen LogP contribution >= 0.6 is 8.73 Å². The number of imidazole rings is 4. The quantitative estimate of drug-likeness (QED) is 0.141. The summed E-state index contributed by atoms with van der Waals surface area (Å²) in [5.74, 6) is 2.19. The van der Waals surface area contributed by atoms with Gasteiger partial charge in [-0.25, -0.2) is 38.4 Å². The van der Waals surface area contributed by atoms with Crippen molar-refractivity contribution >= 4 is 38.5 Å². The first-order valence-corrected chi connectivity index (χ1v) is 13.7. The number of rotatable bonds is 6. The molecule has 5 heterocycles. The minimum Gasteiger partial charge on any atom is -0.369 e. The predicted molar refractivity (Wildman–Crippen MR) is 161 cm³/mol. The molecule has 18 nitrogen and oxygen atoms in total. The van der Waals surface area contributed by atoms with Gasteiger partial charge in [-0.1, -0.05) is 0 Å². The molecule has 19 heteroatoms. The Morgan fingerprint density at radius 2 is 1.46 bits per heavy atom. The zero-order chi connectivity index (χ0) is 30.4. The van der Waals surface area contributed by atoms with E-state index in [0.717, 1.165) is 11.1 Å². The summed E-state index contributed by atoms with van der Waals surface area (Å²) in [7, 11) is 2.01. The Labute approximate surface area is 237 Å². The smallest absolute Gasteiger partial charge is 0.354 e. The molecule has 0 amide bonds. The average molecular weight is 589 g/mol. The monoisotopic (exact) mass is 588 g/mol. The van der Waals surface area contributed by atoms with Crippen molar-refractivity contribution < 1.29 is 0 Å². The fourth-order valence-electron chi connectivity index (χ4n) is 2.98. The van der Waals surface area contributed by atoms with E-state index < -0.39 is 5.69 Å². The van der Waals surface area contributed by atoms with Crippen LogP contribution in [0.5, 0.6) is 0 Å². The number of hydrogen-bond donors (Lipinski definition) is 6. The van der Waals surface area contributed by atoms with Gasteiger partial charge in [0.15, 0.2) is 17.8 Å². The van der Waals surface area contributed by atoms with E-state index in [1.54, 1.807) is 59.4 Å². The fraction of sp³-hybridized carbons (Fsp3) is 0.318. The molecule has 0 aliphatic heterocycles. The molecule has 0 saturated heterocycles. The van der Waals surface area contributed by atoms with Crippen LogP contribution in [0.15, 0.2) is 59.2 Å². The van der Waals surface area contributed by atoms with Gasteiger partial charge in [-0.05, 0) is 29.2 Å². The molecule has 0 aliphatic carbocycles. The van der Waals surface area contributed by atoms with E-state index in [9.17, 15) is 9.59 Å². The zero-order valence-corrected chi connectivity index (χ0v) is 24.3. The largest absolute Gasteiger partial charge is 0.369 e. The molecule has 0 fully saturated rings. The number of aromatic amines is 1. The molecule has 0 aromatic carbocycles. The van der Waals surface area contributed by atoms with Crippen molar-refractivity contribution in [2.75, 3.05) is 34.9 Å². The topological polar surface area (TPSA) is 255 Å². The number of H-pyrrole nitrogens is 1. The molecule has 5 aromatic rings. The third kappa shape index (κ3) is 9.54. The normalized spacial score (nSPS) is 10.2. The highest BCUT2D eigenvalue weighted by atomic mass is 31.1. The molecule has 0 aliphatic rings. The van der Waals surface area contributed by atoms with Crippen LogP contribution in [-0.2, 0) is 26.8 Å². The summed E-state index contributed by atoms with van der Waals surface area (Å²) in [6.45, 7) is 7.06. The van der Waals surface area contributed by atoms with E-state index in [2.05, 4.69) is 35.2 Å². The van der Waals surface area contributed by atoms with Gasteiger partial charge in [-0.2, -0.15) is 4.98 Å². The molecule has 222 valence electrons. The van der Waals surface area contributed by atoms with Gasteiger partial charge in [-0.15, -0.1) is 0 Å². The summed E-state index contributed by atoms with van der Waals surface area (Å²) in [6, 6.07) is 0. The molecule has 5 rings (SSSR count). The second kappa shape index (κ2) is 16.1. The summed E-state index contributed by atoms with van der Waals surface area (Å²) >= 11 is 0. The lowest BCUT2D eigenvalue weighted by Crippen LogP contribution is -2.40. The molecule has 41 heavy (non-hydrogen) atoms. The van der Waals surface area contributed by atoms with Gasteiger partial charge in [-0.3, -0.25) is 4.57 Å². The minimum atomic E-state index is -0.562. The first-order chi connectivity index (χ1) is 19.6. The summed E-state index contributed by atoms with van der Waals surface area (Å²) in [5.41, 5.74) is 20.5. The summed E-state index contributed by atoms with van der Waals surface area (Å²) in [4.78, 5) is 45.5. The molecule has 0 saturated carbocycles. The Morgan fingerprint density at radius 3 is 1.80 bits per heavy atom. The number of nitrogen functional groups attached to an aromatic ring is 4. The standard InChI is InChI=1S/C10H16N7O2P.C5H9N3.C4H7N3.C3H5N3/c1-3-16-9(18)14-8(17(20-2)10(16)19)13-6-15-5-4-12-7(15)11;1-2-8-4-3-7-5(8)6;1-7-3-2-6-4(7)5;4-3-5-1-2-6-3/h4-5,20H,3,6H2,1-2H3,(H2,11,12)(H,13,14,18);3-4H,2H2,1H3,(H2,6,7);2-3H,1H3,(H2,5,6);1-2H,(H3,4,5,6). The van der Waals surface area contributed by atoms with Gasteiger partial charge < -0.3 is 42.4 Å². The van der Waals surface area contributed by atoms with Gasteiger partial charge in [0.05, 0.1) is 6.67 Å². The third-order valence-corrected chi connectivity index (χ3v) is 6.08. The van der Waals surface area contributed by atoms with E-state index >= 15 is 0 Å². The lowest BCUT2D eigenvalue weighted by Gasteiger charge is -2.13. The maximum Gasteiger partial charge on any atom is 0.354 e. The SMILES string of the molecule is CCn1c(=O)nc(NCn2ccnc2N)n(PC)c1=O.CCn1ccnc1N.Cn1ccnc1N.Nc1ncc[nH]1. The van der Waals surface area contributed by atoms with E-state index in [0.29, 0.717) is 30.3 Å². The van der Waals surface area contributed by atoms with Crippen LogP contribution in [0.3, 0.4) is 0 Å². The summed E-state index contributed by atoms with van der Waals surface area (Å²) in [6.07, 6.45) is 13.5. The highest BCUT2D eigenvalue weighted by Crippen LogP contribution is 2.11. The Bertz CT molecular complexity index is 1550. The van der Waals surface area contributed by atoms with Gasteiger partial charge >= 0.3 is 11.4 Å². The van der Waals surface area contributed by atoms with Crippen LogP contribution in [0.1, 0.15) is 13.8 Å². The molecule has 10 N–H and O–H groups in total. The first kappa shape index (κ1) is 32.1. The second-order valence-electron chi connectivity index (χ2n) is 7.84. The van der Waals surface area contributed by atoms with Crippen LogP contribution in [0, 0.1) is 0 Å². The van der Waals surface area contributed by atoms with Gasteiger partial charge in [0.1, 0.15) is 0 Å². The maximum atomic E-state index is 12.1. The Hall–Kier alpha value is -5.12. The van der Waals surface area contributed by atoms with Crippen molar-refractivity contribution in [3.8, 4) is 0 Å². The molecule has 1 unspecified atom stereocenters. The van der Waals surface area contributed by atoms with Gasteiger partial charge in [0.25, 0.3) is 0 Å². The van der Waals surface area contributed by atoms with Crippen LogP contribution in [0.4, 0.5) is 29.7 Å². The van der Waals surface area contributed by atoms with Crippen molar-refractivity contribution in [1.29, 1.82) is 0 Å². The van der Waals surface area contributed by atoms with Crippen molar-refractivity contribution in [2.24, 2.45) is 7.05 Å². The number of nitrogens with zero attached hydrogens (tertiary/aromatic N) is 10. The van der Waals surface area contributed by atoms with Gasteiger partial charge in [0.2, 0.25) is 11.9 Å². The van der Waals surface area contributed by atoms with E-state index in [1.165, 1.54) is 4.34 Å². The molecule has 0 bridgehead atoms. The van der Waals surface area contributed by atoms with Crippen molar-refractivity contribution in [2.45, 2.75) is 33.6 Å². The molecular weight excluding hydrogens is 551 g/mol. The highest BCUT2D eigenvalue weighted by molar-refractivity contribution is 7.35. The van der Waals surface area contributed by atoms with Crippen LogP contribution < -0.4 is 39.6 Å². The summed E-state index contributed by atoms with van der Waals surface area (Å²) in [5, 5.41) is 2.93. The van der Waals surface area contributed by atoms with Crippen LogP contribution in [0.25, 0.3) is 0 Å². The van der Waals surface area contributed by atoms with Crippen molar-refractivity contribution in [3.63, 3.8) is 0 Å². The highest BCUT2D eigenvalue weighted by Gasteiger charge is 2.11. The Kier molecular flexibility index (Phi) is 12.6. The molecule has 0 radical (unpaired) electrons. The third-order valence-electron chi connectivity index (χ3n) is 5.23. The van der Waals surface area contributed by atoms with Gasteiger partial charge in [0, 0.05) is 69.7 Å². The van der Waals surface area contributed by atoms with Crippen LogP contribution in [0.2, 0.25) is 0 Å². The number of aryl methyl sites for hydroxylation is 2. The number of anilines is 5. The molecule has 1 atom stereocenters. The number of aromatic nitrogens is 11. The fourth-order valence-corrected chi connectivity index (χ4v) is 3.63. The molecule has 5 aromatic heterocycles. The number of nitrogens with two attached hydrogens (primary N) is 4. The van der Waals surface area contributed by atoms with E-state index in [1.807, 2.05) is 31.4 Å². The lowest BCUT2D eigenvalue weighted by atomic mass is 10.7. The Balaban J connectivity index is 0.000000227. The van der Waals surface area contributed by atoms with Crippen LogP contribution in [-0.4, -0.2) is 59.2 Å². The summed E-state index contributed by atoms with van der Waals surface area (Å²) < 4.78 is 7.78. The number of nitrogens with one attached hydrogen (secondary N) is 2. The molecule has 0 spiro atoms. The maximum absolute atomic E-state index is 12.1. The predicted octanol–water partition coefficient (Wildman–Crippen LogP) is -0.176. The first-order valence-electron chi connectivity index (χ1n) is 12.3. The van der Waals surface area contributed by atoms with E-state index in [4.69, 9.17) is 22.9 Å². The van der Waals surface area contributed by atoms with E-state index in [-0.39, 0.29) is 27.0 Å². The second-order valence-corrected chi connectivity index (χ2v) is 8.73. The lowest BCUT2D eigenvalue weighted by molar-refractivity contribution is 0.630. The van der Waals surface area contributed by atoms with Crippen molar-refractivity contribution in [3.05, 3.63) is 70.5 Å². The zero-order valence-electron chi connectivity index (χ0n) is 23.3. The number of hydrogen-bond acceptors (Lipinski definition) is 12. The average Bonchev–Trinajstić information content (AvgIpc) is 3.76. The Morgan fingerprint density at radius 1 is 0.854 bits per heavy atom. The van der Waals surface area contributed by atoms with Crippen molar-refractivity contribution in [1.82, 2.24) is 52.5 Å². The minimum absolute atomic E-state index is 0.159.